The lowest BCUT2D eigenvalue weighted by Gasteiger charge is -2.27. The van der Waals surface area contributed by atoms with E-state index < -0.39 is 30.0 Å². The van der Waals surface area contributed by atoms with Crippen LogP contribution in [0.5, 0.6) is 28.7 Å². The van der Waals surface area contributed by atoms with Crippen molar-refractivity contribution < 1.29 is 100 Å². The Morgan fingerprint density at radius 3 is 1.25 bits per heavy atom. The van der Waals surface area contributed by atoms with Crippen LogP contribution in [0.15, 0.2) is 220 Å². The topological polar surface area (TPSA) is 329 Å². The lowest BCUT2D eigenvalue weighted by molar-refractivity contribution is -0.144. The number of H-pyrrole nitrogens is 1. The molecule has 7 heterocycles. The highest BCUT2D eigenvalue weighted by molar-refractivity contribution is 9.10. The first-order chi connectivity index (χ1) is 66.8. The highest BCUT2D eigenvalue weighted by Crippen LogP contribution is 2.49. The van der Waals surface area contributed by atoms with Crippen molar-refractivity contribution in [1.29, 1.82) is 0 Å². The predicted octanol–water partition coefficient (Wildman–Crippen LogP) is 21.4. The molecule has 22 rings (SSSR count). The molecule has 0 spiro atoms. The van der Waals surface area contributed by atoms with E-state index in [4.69, 9.17) is 42.6 Å². The molecule has 138 heavy (non-hydrogen) atoms. The zero-order chi connectivity index (χ0) is 96.4. The van der Waals surface area contributed by atoms with Crippen LogP contribution in [-0.4, -0.2) is 122 Å². The van der Waals surface area contributed by atoms with Crippen LogP contribution >= 0.6 is 31.9 Å². The molecule has 26 heteroatoms. The molecule has 0 bridgehead atoms. The molecule has 2 atom stereocenters. The van der Waals surface area contributed by atoms with E-state index in [-0.39, 0.29) is 77.5 Å². The number of carbonyl (C=O) groups is 12. The van der Waals surface area contributed by atoms with Gasteiger partial charge in [-0.15, -0.1) is 0 Å². The minimum absolute atomic E-state index is 0.0645. The number of aromatic nitrogens is 2. The van der Waals surface area contributed by atoms with Crippen LogP contribution in [0.1, 0.15) is 197 Å². The van der Waals surface area contributed by atoms with E-state index in [1.807, 2.05) is 79.0 Å². The molecule has 692 valence electrons. The summed E-state index contributed by atoms with van der Waals surface area (Å²) in [6.45, 7) is 17.9. The van der Waals surface area contributed by atoms with Crippen LogP contribution < -0.4 is 23.7 Å². The van der Waals surface area contributed by atoms with Crippen molar-refractivity contribution >= 4 is 130 Å². The number of nitrogens with one attached hydrogen (secondary N) is 1. The number of aromatic amines is 1. The van der Waals surface area contributed by atoms with Gasteiger partial charge >= 0.3 is 23.9 Å². The van der Waals surface area contributed by atoms with Gasteiger partial charge in [0.25, 0.3) is 0 Å². The Bertz CT molecular complexity index is 7330. The molecular weight excluding hydrogens is 1880 g/mol. The van der Waals surface area contributed by atoms with Crippen molar-refractivity contribution in [3.63, 3.8) is 0 Å². The molecule has 0 radical (unpaired) electrons. The van der Waals surface area contributed by atoms with Crippen molar-refractivity contribution in [3.8, 4) is 95.6 Å². The van der Waals surface area contributed by atoms with Gasteiger partial charge in [0.05, 0.1) is 27.7 Å². The second-order valence-corrected chi connectivity index (χ2v) is 36.2. The van der Waals surface area contributed by atoms with Crippen LogP contribution in [0, 0.1) is 0 Å². The fraction of sp³-hybridized carbons (Fsp3) is 0.214. The summed E-state index contributed by atoms with van der Waals surface area (Å²) >= 11 is 6.64. The molecule has 6 aliphatic heterocycles. The molecule has 0 amide bonds. The van der Waals surface area contributed by atoms with Crippen LogP contribution in [-0.2, 0) is 103 Å². The van der Waals surface area contributed by atoms with Crippen molar-refractivity contribution in [2.45, 2.75) is 128 Å². The fourth-order valence-corrected chi connectivity index (χ4v) is 19.6. The average molecular weight is 1970 g/mol. The summed E-state index contributed by atoms with van der Waals surface area (Å²) < 4.78 is 49.2. The van der Waals surface area contributed by atoms with Crippen molar-refractivity contribution in [1.82, 2.24) is 9.97 Å². The van der Waals surface area contributed by atoms with Gasteiger partial charge in [0.1, 0.15) is 67.6 Å². The van der Waals surface area contributed by atoms with E-state index in [0.717, 1.165) is 203 Å². The monoisotopic (exact) mass is 1970 g/mol. The molecule has 24 nitrogen and oxygen atoms in total. The van der Waals surface area contributed by atoms with Gasteiger partial charge in [-0.05, 0) is 261 Å². The third kappa shape index (κ3) is 19.3. The van der Waals surface area contributed by atoms with E-state index in [0.29, 0.717) is 108 Å². The van der Waals surface area contributed by atoms with Crippen molar-refractivity contribution in [2.24, 2.45) is 4.99 Å². The highest BCUT2D eigenvalue weighted by atomic mass is 79.9. The van der Waals surface area contributed by atoms with Crippen LogP contribution in [0.25, 0.3) is 83.7 Å². The number of ether oxygens (including phenoxy) is 9. The third-order valence-electron chi connectivity index (χ3n) is 25.8. The first-order valence-electron chi connectivity index (χ1n) is 45.1. The highest BCUT2D eigenvalue weighted by Gasteiger charge is 2.36. The predicted molar refractivity (Wildman–Crippen MR) is 525 cm³/mol. The molecule has 2 unspecified atom stereocenters. The molecule has 10 aliphatic rings. The summed E-state index contributed by atoms with van der Waals surface area (Å²) in [7, 11) is 0. The molecule has 11 aromatic carbocycles. The first kappa shape index (κ1) is 93.1. The number of hydrogen-bond donors (Lipinski definition) is 1. The van der Waals surface area contributed by atoms with E-state index in [1.165, 1.54) is 40.1 Å². The number of hydrogen-bond acceptors (Lipinski definition) is 23. The number of alkyl halides is 2. The number of aryl methyl sites for hydroxylation is 4. The van der Waals surface area contributed by atoms with Gasteiger partial charge in [0.15, 0.2) is 66.4 Å². The van der Waals surface area contributed by atoms with Gasteiger partial charge in [-0.25, -0.2) is 19.4 Å². The Morgan fingerprint density at radius 1 is 0.428 bits per heavy atom. The number of ketones is 8. The summed E-state index contributed by atoms with van der Waals surface area (Å²) in [6.07, 6.45) is 14.2. The van der Waals surface area contributed by atoms with Crippen molar-refractivity contribution in [2.75, 3.05) is 25.2 Å². The van der Waals surface area contributed by atoms with Gasteiger partial charge in [-0.2, -0.15) is 0 Å². The molecule has 0 fully saturated rings. The number of Topliss-reactive ketones (excluding diaryl/α,β-unsaturated/α-hetero) is 8. The molecule has 0 saturated heterocycles. The minimum Gasteiger partial charge on any atom is -0.488 e. The second kappa shape index (κ2) is 39.9. The van der Waals surface area contributed by atoms with Crippen LogP contribution in [0.3, 0.4) is 0 Å². The minimum atomic E-state index is -0.761. The lowest BCUT2D eigenvalue weighted by atomic mass is 9.84. The molecule has 0 saturated carbocycles. The Morgan fingerprint density at radius 2 is 0.826 bits per heavy atom. The normalized spacial score (nSPS) is 15.3. The number of fused-ring (bicyclic) bond motifs is 22. The Hall–Kier alpha value is -15.3. The van der Waals surface area contributed by atoms with Gasteiger partial charge in [-0.1, -0.05) is 125 Å². The quantitative estimate of drug-likeness (QED) is 0.0291. The molecule has 4 aliphatic carbocycles. The lowest BCUT2D eigenvalue weighted by Crippen LogP contribution is -2.31. The number of carbonyl (C=O) groups excluding carboxylic acids is 12. The Kier molecular flexibility index (Phi) is 27.0. The number of imidazole rings is 1. The largest absolute Gasteiger partial charge is 0.488 e. The first-order valence-corrected chi connectivity index (χ1v) is 47.1. The average Bonchev–Trinajstić information content (AvgIpc) is 1.47. The Balaban J connectivity index is 0.000000115. The Labute approximate surface area is 809 Å². The standard InChI is InChI=1S/C25H19N3O.C24H20O7.C22H17BrO5.C22H18O5.C19H15BrO3/c1-3-25-26-12-23(28-25)16-4-6-18-17(9-16)13-29-24-11-19-15(10-21(18)24)5-7-22-20(19)8-14(2)27-22;1-3-23(27)30-12-20(26)15-4-6-17-16(8-15)11-29-22-10-18-14(9-19(17)22)5-7-21(24(18)28)31-13(2)25;1-2-21(25)28-11-19(24)13-3-5-15-14(7-13)10-27-20-9-16-12(8-17(15)20)4-6-18(23)22(16)26;1-2-22(25)27-12-20(24)14-6-7-16-15(8-14)11-26-21-10-17-13(9-18(16)21)4-3-5-19(17)23;20-9-18(22)12-4-5-14-13(6-12)10-23-19-8-15-11(7-16(14)19)2-1-3-17(15)21/h3-7,9-12H,1,8,13H2,2H3,(H,26,28);3-4,6,8-10,21H,1,5,7,11-12H2,2H3;2-3,5,7-9,18H,1,4,6,10-11H2;2,6-10H,1,3-5,11-12H2;4-8H,1-3,9-10H2. The molecule has 1 N–H and O–H groups in total. The summed E-state index contributed by atoms with van der Waals surface area (Å²) in [5.41, 5.74) is 29.5. The van der Waals surface area contributed by atoms with Gasteiger partial charge in [0, 0.05) is 122 Å². The van der Waals surface area contributed by atoms with Gasteiger partial charge in [0.2, 0.25) is 5.78 Å². The zero-order valence-electron chi connectivity index (χ0n) is 75.3. The summed E-state index contributed by atoms with van der Waals surface area (Å²) in [6, 6.07) is 52.4. The molecular formula is C112H89Br2N3O21. The number of benzene rings is 11. The van der Waals surface area contributed by atoms with E-state index in [2.05, 4.69) is 129 Å². The van der Waals surface area contributed by atoms with Gasteiger partial charge < -0.3 is 47.6 Å². The number of nitrogens with zero attached hydrogens (tertiary/aromatic N) is 2. The maximum Gasteiger partial charge on any atom is 0.330 e. The summed E-state index contributed by atoms with van der Waals surface area (Å²) in [5, 5.41) is 2.80. The van der Waals surface area contributed by atoms with Gasteiger partial charge in [-0.3, -0.25) is 48.1 Å². The molecule has 12 aromatic rings. The maximum absolute atomic E-state index is 12.7. The number of aliphatic imine (C=N–C) groups is 1. The van der Waals surface area contributed by atoms with E-state index in [9.17, 15) is 57.5 Å². The number of rotatable bonds is 17. The SMILES string of the molecule is C=CC(=O)OCC(=O)c1ccc2c(c1)COc1cc3c(cc1-2)CCC(Br)C3=O.C=CC(=O)OCC(=O)c1ccc2c(c1)COc1cc3c(cc1-2)CCC(OC(C)=O)C3=O.C=CC(=O)OCC(=O)c1ccc2c(c1)COc1cc3c(cc1-2)CCCC3=O.C=Cc1ncc(-c2ccc3c(c2)COc2cc4c5c(ccc4cc2-3)N=C(C)C5)[nH]1.O=C(CBr)c1ccc2c(c1)COc1cc3c(cc1-2)CCCC3=O. The molecule has 1 aromatic heterocycles. The summed E-state index contributed by atoms with van der Waals surface area (Å²) in [4.78, 5) is 155. The summed E-state index contributed by atoms with van der Waals surface area (Å²) in [5.74, 6) is 1.48. The zero-order valence-corrected chi connectivity index (χ0v) is 78.5. The van der Waals surface area contributed by atoms with Crippen LogP contribution in [0.4, 0.5) is 5.69 Å². The third-order valence-corrected chi connectivity index (χ3v) is 27.2. The van der Waals surface area contributed by atoms with Crippen molar-refractivity contribution in [3.05, 3.63) is 320 Å². The van der Waals surface area contributed by atoms with E-state index >= 15 is 0 Å². The smallest absolute Gasteiger partial charge is 0.330 e. The maximum atomic E-state index is 12.7. The van der Waals surface area contributed by atoms with Crippen LogP contribution in [0.2, 0.25) is 0 Å². The van der Waals surface area contributed by atoms with E-state index in [1.54, 1.807) is 48.5 Å². The second-order valence-electron chi connectivity index (χ2n) is 34.6. The number of esters is 4. The fourth-order valence-electron chi connectivity index (χ4n) is 18.8. The number of halogens is 2.